The van der Waals surface area contributed by atoms with Gasteiger partial charge in [-0.25, -0.2) is 17.2 Å². The fourth-order valence-corrected chi connectivity index (χ4v) is 4.44. The van der Waals surface area contributed by atoms with Gasteiger partial charge in [0.25, 0.3) is 15.8 Å². The Kier molecular flexibility index (Phi) is 6.22. The zero-order valence-electron chi connectivity index (χ0n) is 14.1. The van der Waals surface area contributed by atoms with Crippen molar-refractivity contribution in [1.82, 2.24) is 3.97 Å². The zero-order chi connectivity index (χ0) is 20.4. The van der Waals surface area contributed by atoms with Gasteiger partial charge in [0.1, 0.15) is 10.3 Å². The van der Waals surface area contributed by atoms with E-state index in [-0.39, 0.29) is 16.7 Å². The Morgan fingerprint density at radius 1 is 1.22 bits per heavy atom. The zero-order valence-corrected chi connectivity index (χ0v) is 16.5. The maximum absolute atomic E-state index is 12.8. The number of hydrogen-bond acceptors (Lipinski definition) is 5. The summed E-state index contributed by atoms with van der Waals surface area (Å²) in [7, 11) is -4.21. The van der Waals surface area contributed by atoms with E-state index < -0.39 is 38.2 Å². The highest BCUT2D eigenvalue weighted by molar-refractivity contribution is 7.90. The van der Waals surface area contributed by atoms with Gasteiger partial charge in [-0.05, 0) is 32.0 Å². The summed E-state index contributed by atoms with van der Waals surface area (Å²) < 4.78 is 30.8. The number of Topliss-reactive ketones (excluding diaryl/α,β-unsaturated/α-hetero) is 1. The van der Waals surface area contributed by atoms with Crippen molar-refractivity contribution in [3.05, 3.63) is 57.3 Å². The van der Waals surface area contributed by atoms with E-state index in [4.69, 9.17) is 28.7 Å². The monoisotopic (exact) mass is 429 g/mol. The first kappa shape index (κ1) is 20.9. The van der Waals surface area contributed by atoms with Gasteiger partial charge in [0.05, 0.1) is 17.1 Å². The highest BCUT2D eigenvalue weighted by atomic mass is 35.5. The lowest BCUT2D eigenvalue weighted by Crippen LogP contribution is -2.27. The van der Waals surface area contributed by atoms with Gasteiger partial charge >= 0.3 is 11.7 Å². The maximum Gasteiger partial charge on any atom is 0.446 e. The SMILES string of the molecule is CCOC(=O)C(=[N+]=[N-])C(=O)c1cc(Cl)n(S(=O)(=O)c2ccc(C)cc2)c1Cl. The van der Waals surface area contributed by atoms with Gasteiger partial charge in [0.2, 0.25) is 0 Å². The molecule has 8 nitrogen and oxygen atoms in total. The number of aryl methyl sites for hydroxylation is 1. The number of halogens is 2. The number of rotatable bonds is 6. The molecule has 0 aliphatic rings. The average Bonchev–Trinajstić information content (AvgIpc) is 2.91. The Labute approximate surface area is 164 Å². The number of esters is 1. The first-order valence-electron chi connectivity index (χ1n) is 7.48. The fraction of sp³-hybridized carbons (Fsp3) is 0.188. The molecule has 1 heterocycles. The molecule has 27 heavy (non-hydrogen) atoms. The molecule has 0 atom stereocenters. The van der Waals surface area contributed by atoms with Gasteiger partial charge in [-0.3, -0.25) is 4.79 Å². The number of ketones is 1. The van der Waals surface area contributed by atoms with Crippen molar-refractivity contribution in [3.8, 4) is 0 Å². The van der Waals surface area contributed by atoms with Crippen LogP contribution in [-0.2, 0) is 19.6 Å². The van der Waals surface area contributed by atoms with Gasteiger partial charge < -0.3 is 10.3 Å². The lowest BCUT2D eigenvalue weighted by molar-refractivity contribution is -0.139. The molecular formula is C16H13Cl2N3O5S. The molecule has 0 saturated heterocycles. The van der Waals surface area contributed by atoms with E-state index in [2.05, 4.69) is 9.53 Å². The molecule has 0 unspecified atom stereocenters. The lowest BCUT2D eigenvalue weighted by Gasteiger charge is -2.09. The highest BCUT2D eigenvalue weighted by Gasteiger charge is 2.37. The van der Waals surface area contributed by atoms with Gasteiger partial charge in [-0.15, -0.1) is 0 Å². The van der Waals surface area contributed by atoms with Gasteiger partial charge in [-0.1, -0.05) is 40.9 Å². The quantitative estimate of drug-likeness (QED) is 0.174. The Balaban J connectivity index is 2.57. The van der Waals surface area contributed by atoms with E-state index in [0.717, 1.165) is 11.6 Å². The first-order chi connectivity index (χ1) is 12.6. The van der Waals surface area contributed by atoms with E-state index in [9.17, 15) is 18.0 Å². The van der Waals surface area contributed by atoms with Crippen molar-refractivity contribution in [1.29, 1.82) is 0 Å². The van der Waals surface area contributed by atoms with E-state index in [1.54, 1.807) is 19.1 Å². The minimum absolute atomic E-state index is 0.0670. The Bertz CT molecular complexity index is 1070. The molecule has 11 heteroatoms. The van der Waals surface area contributed by atoms with Crippen LogP contribution in [0.4, 0.5) is 0 Å². The van der Waals surface area contributed by atoms with Crippen LogP contribution < -0.4 is 0 Å². The number of nitrogens with zero attached hydrogens (tertiary/aromatic N) is 3. The molecule has 0 radical (unpaired) electrons. The second-order valence-corrected chi connectivity index (χ2v) is 7.78. The summed E-state index contributed by atoms with van der Waals surface area (Å²) in [5.41, 5.74) is 8.40. The number of ether oxygens (including phenoxy) is 1. The molecule has 1 aromatic heterocycles. The van der Waals surface area contributed by atoms with Crippen LogP contribution in [0.1, 0.15) is 22.8 Å². The second-order valence-electron chi connectivity index (χ2n) is 5.25. The largest absolute Gasteiger partial charge is 0.457 e. The fourth-order valence-electron chi connectivity index (χ4n) is 2.14. The standard InChI is InChI=1S/C16H13Cl2N3O5S/c1-3-26-16(23)13(20-19)14(22)11-8-12(17)21(15(11)18)27(24,25)10-6-4-9(2)5-7-10/h4-8H,3H2,1-2H3. The molecule has 2 aromatic rings. The molecule has 0 N–H and O–H groups in total. The van der Waals surface area contributed by atoms with E-state index in [1.807, 2.05) is 0 Å². The third-order valence-electron chi connectivity index (χ3n) is 3.45. The van der Waals surface area contributed by atoms with Crippen LogP contribution in [0.25, 0.3) is 5.53 Å². The minimum Gasteiger partial charge on any atom is -0.457 e. The summed E-state index contributed by atoms with van der Waals surface area (Å²) in [6, 6.07) is 6.85. The van der Waals surface area contributed by atoms with E-state index in [0.29, 0.717) is 3.97 Å². The molecule has 142 valence electrons. The van der Waals surface area contributed by atoms with Gasteiger partial charge in [-0.2, -0.15) is 4.79 Å². The molecule has 0 aliphatic carbocycles. The number of carbonyl (C=O) groups excluding carboxylic acids is 2. The molecule has 0 amide bonds. The van der Waals surface area contributed by atoms with Crippen LogP contribution in [-0.4, -0.2) is 41.3 Å². The van der Waals surface area contributed by atoms with Crippen molar-refractivity contribution in [2.75, 3.05) is 6.61 Å². The topological polar surface area (TPSA) is 119 Å². The maximum atomic E-state index is 12.8. The molecule has 2 rings (SSSR count). The molecule has 0 bridgehead atoms. The molecule has 1 aromatic carbocycles. The molecular weight excluding hydrogens is 417 g/mol. The van der Waals surface area contributed by atoms with Crippen LogP contribution >= 0.6 is 23.2 Å². The van der Waals surface area contributed by atoms with E-state index >= 15 is 0 Å². The number of aromatic nitrogens is 1. The second kappa shape index (κ2) is 8.06. The smallest absolute Gasteiger partial charge is 0.446 e. The van der Waals surface area contributed by atoms with Crippen molar-refractivity contribution in [3.63, 3.8) is 0 Å². The summed E-state index contributed by atoms with van der Waals surface area (Å²) in [6.07, 6.45) is 0. The number of hydrogen-bond donors (Lipinski definition) is 0. The summed E-state index contributed by atoms with van der Waals surface area (Å²) in [6.45, 7) is 3.21. The number of carbonyl (C=O) groups is 2. The van der Waals surface area contributed by atoms with Crippen LogP contribution in [0, 0.1) is 6.92 Å². The Morgan fingerprint density at radius 3 is 2.33 bits per heavy atom. The van der Waals surface area contributed by atoms with Crippen LogP contribution in [0.2, 0.25) is 10.3 Å². The summed E-state index contributed by atoms with van der Waals surface area (Å²) >= 11 is 12.0. The lowest BCUT2D eigenvalue weighted by atomic mass is 10.1. The molecule has 0 saturated carbocycles. The predicted octanol–water partition coefficient (Wildman–Crippen LogP) is 2.76. The summed E-state index contributed by atoms with van der Waals surface area (Å²) in [5, 5.41) is -0.943. The van der Waals surface area contributed by atoms with E-state index in [1.165, 1.54) is 19.1 Å². The minimum atomic E-state index is -4.21. The first-order valence-corrected chi connectivity index (χ1v) is 9.67. The molecule has 0 aliphatic heterocycles. The van der Waals surface area contributed by atoms with Crippen molar-refractivity contribution < 1.29 is 27.5 Å². The average molecular weight is 430 g/mol. The van der Waals surface area contributed by atoms with Gasteiger partial charge in [0, 0.05) is 0 Å². The molecule has 0 spiro atoms. The Hall–Kier alpha value is -2.45. The third-order valence-corrected chi connectivity index (χ3v) is 6.02. The normalized spacial score (nSPS) is 11.0. The van der Waals surface area contributed by atoms with Crippen molar-refractivity contribution in [2.24, 2.45) is 0 Å². The van der Waals surface area contributed by atoms with Crippen molar-refractivity contribution >= 4 is 50.7 Å². The van der Waals surface area contributed by atoms with Crippen molar-refractivity contribution in [2.45, 2.75) is 18.7 Å². The van der Waals surface area contributed by atoms with Crippen LogP contribution in [0.5, 0.6) is 0 Å². The summed E-state index contributed by atoms with van der Waals surface area (Å²) in [5.74, 6) is -2.33. The predicted molar refractivity (Wildman–Crippen MR) is 97.8 cm³/mol. The summed E-state index contributed by atoms with van der Waals surface area (Å²) in [4.78, 5) is 26.7. The third kappa shape index (κ3) is 3.96. The Morgan fingerprint density at radius 2 is 1.81 bits per heavy atom. The van der Waals surface area contributed by atoms with Crippen LogP contribution in [0.3, 0.4) is 0 Å². The number of benzene rings is 1. The van der Waals surface area contributed by atoms with Gasteiger partial charge in [0.15, 0.2) is 0 Å². The molecule has 0 fully saturated rings. The highest BCUT2D eigenvalue weighted by Crippen LogP contribution is 2.30. The van der Waals surface area contributed by atoms with Crippen LogP contribution in [0.15, 0.2) is 35.2 Å².